The Balaban J connectivity index is 1.89. The van der Waals surface area contributed by atoms with E-state index in [4.69, 9.17) is 0 Å². The lowest BCUT2D eigenvalue weighted by Gasteiger charge is -2.14. The van der Waals surface area contributed by atoms with Crippen molar-refractivity contribution >= 4 is 17.5 Å². The van der Waals surface area contributed by atoms with E-state index >= 15 is 0 Å². The van der Waals surface area contributed by atoms with Gasteiger partial charge in [0, 0.05) is 23.5 Å². The minimum Gasteiger partial charge on any atom is -0.293 e. The van der Waals surface area contributed by atoms with Crippen molar-refractivity contribution in [1.29, 1.82) is 0 Å². The van der Waals surface area contributed by atoms with Gasteiger partial charge in [0.25, 0.3) is 0 Å². The molecule has 0 saturated heterocycles. The van der Waals surface area contributed by atoms with Crippen molar-refractivity contribution in [2.75, 3.05) is 0 Å². The molecule has 0 aliphatic carbocycles. The first-order valence-corrected chi connectivity index (χ1v) is 8.99. The number of thioether (sulfide) groups is 1. The minimum absolute atomic E-state index is 0.0312. The molecule has 0 saturated carbocycles. The molecule has 0 aliphatic rings. The van der Waals surface area contributed by atoms with Gasteiger partial charge in [0.15, 0.2) is 16.8 Å². The average molecular weight is 410 g/mol. The van der Waals surface area contributed by atoms with Crippen LogP contribution in [-0.2, 0) is 6.54 Å². The van der Waals surface area contributed by atoms with Crippen LogP contribution in [0.25, 0.3) is 11.4 Å². The van der Waals surface area contributed by atoms with Crippen LogP contribution in [-0.4, -0.2) is 37.0 Å². The smallest absolute Gasteiger partial charge is 0.293 e. The quantitative estimate of drug-likeness (QED) is 0.342. The SMILES string of the molecule is CC(Sc1nnc(-c2ccncc2)n1CC(F)(F)F)C(=O)c1ccc(F)cc1. The third-order valence-electron chi connectivity index (χ3n) is 3.77. The summed E-state index contributed by atoms with van der Waals surface area (Å²) < 4.78 is 53.2. The molecule has 0 radical (unpaired) electrons. The van der Waals surface area contributed by atoms with E-state index in [0.717, 1.165) is 28.5 Å². The van der Waals surface area contributed by atoms with Crippen LogP contribution in [0.4, 0.5) is 17.6 Å². The maximum Gasteiger partial charge on any atom is 0.406 e. The van der Waals surface area contributed by atoms with Gasteiger partial charge >= 0.3 is 6.18 Å². The molecule has 1 unspecified atom stereocenters. The number of aromatic nitrogens is 4. The zero-order valence-corrected chi connectivity index (χ0v) is 15.3. The van der Waals surface area contributed by atoms with Crippen LogP contribution in [0, 0.1) is 5.82 Å². The first-order valence-electron chi connectivity index (χ1n) is 8.11. The van der Waals surface area contributed by atoms with Crippen LogP contribution in [0.1, 0.15) is 17.3 Å². The van der Waals surface area contributed by atoms with Gasteiger partial charge in [-0.05, 0) is 43.3 Å². The largest absolute Gasteiger partial charge is 0.406 e. The number of Topliss-reactive ketones (excluding diaryl/α,β-unsaturated/α-hetero) is 1. The summed E-state index contributed by atoms with van der Waals surface area (Å²) in [5.74, 6) is -0.801. The fourth-order valence-electron chi connectivity index (χ4n) is 2.47. The lowest BCUT2D eigenvalue weighted by molar-refractivity contribution is -0.141. The molecule has 10 heteroatoms. The van der Waals surface area contributed by atoms with E-state index in [-0.39, 0.29) is 22.3 Å². The Morgan fingerprint density at radius 3 is 2.36 bits per heavy atom. The van der Waals surface area contributed by atoms with Crippen molar-refractivity contribution in [3.63, 3.8) is 0 Å². The fourth-order valence-corrected chi connectivity index (χ4v) is 3.40. The molecule has 2 aromatic heterocycles. The second-order valence-corrected chi connectivity index (χ2v) is 7.18. The predicted molar refractivity (Wildman–Crippen MR) is 95.4 cm³/mol. The van der Waals surface area contributed by atoms with Gasteiger partial charge in [0.2, 0.25) is 0 Å². The molecule has 0 amide bonds. The molecule has 3 aromatic rings. The van der Waals surface area contributed by atoms with Crippen LogP contribution < -0.4 is 0 Å². The van der Waals surface area contributed by atoms with Crippen LogP contribution in [0.5, 0.6) is 0 Å². The first-order chi connectivity index (χ1) is 13.2. The van der Waals surface area contributed by atoms with E-state index in [9.17, 15) is 22.4 Å². The number of carbonyl (C=O) groups excluding carboxylic acids is 1. The molecule has 5 nitrogen and oxygen atoms in total. The van der Waals surface area contributed by atoms with E-state index < -0.39 is 23.8 Å². The highest BCUT2D eigenvalue weighted by Gasteiger charge is 2.32. The standard InChI is InChI=1S/C18H14F4N4OS/c1-11(15(27)12-2-4-14(19)5-3-12)28-17-25-24-16(13-6-8-23-9-7-13)26(17)10-18(20,21)22/h2-9,11H,10H2,1H3. The van der Waals surface area contributed by atoms with Crippen molar-refractivity contribution in [3.05, 3.63) is 60.2 Å². The maximum atomic E-state index is 13.1. The van der Waals surface area contributed by atoms with E-state index in [1.807, 2.05) is 0 Å². The summed E-state index contributed by atoms with van der Waals surface area (Å²) in [5.41, 5.74) is 0.689. The molecule has 2 heterocycles. The number of hydrogen-bond acceptors (Lipinski definition) is 5. The molecular weight excluding hydrogens is 396 g/mol. The molecule has 1 aromatic carbocycles. The van der Waals surface area contributed by atoms with Gasteiger partial charge in [-0.25, -0.2) is 4.39 Å². The summed E-state index contributed by atoms with van der Waals surface area (Å²) in [5, 5.41) is 6.94. The third kappa shape index (κ3) is 4.75. The lowest BCUT2D eigenvalue weighted by Crippen LogP contribution is -2.20. The number of benzene rings is 1. The highest BCUT2D eigenvalue weighted by Crippen LogP contribution is 2.31. The number of rotatable bonds is 6. The summed E-state index contributed by atoms with van der Waals surface area (Å²) in [6.45, 7) is 0.256. The number of pyridine rings is 1. The molecule has 146 valence electrons. The number of carbonyl (C=O) groups is 1. The number of ketones is 1. The zero-order valence-electron chi connectivity index (χ0n) is 14.5. The van der Waals surface area contributed by atoms with E-state index in [1.54, 1.807) is 6.92 Å². The summed E-state index contributed by atoms with van der Waals surface area (Å²) >= 11 is 0.864. The Bertz CT molecular complexity index is 958. The van der Waals surface area contributed by atoms with Crippen molar-refractivity contribution in [2.45, 2.75) is 30.1 Å². The molecule has 3 rings (SSSR count). The second-order valence-electron chi connectivity index (χ2n) is 5.87. The number of alkyl halides is 3. The summed E-state index contributed by atoms with van der Waals surface area (Å²) in [7, 11) is 0. The van der Waals surface area contributed by atoms with Gasteiger partial charge in [-0.15, -0.1) is 10.2 Å². The molecule has 1 atom stereocenters. The van der Waals surface area contributed by atoms with Gasteiger partial charge in [0.1, 0.15) is 12.4 Å². The summed E-state index contributed by atoms with van der Waals surface area (Å²) in [6, 6.07) is 8.02. The first kappa shape index (κ1) is 20.0. The number of nitrogens with zero attached hydrogens (tertiary/aromatic N) is 4. The van der Waals surface area contributed by atoms with Crippen molar-refractivity contribution in [2.24, 2.45) is 0 Å². The molecule has 0 N–H and O–H groups in total. The van der Waals surface area contributed by atoms with E-state index in [2.05, 4.69) is 15.2 Å². The fraction of sp³-hybridized carbons (Fsp3) is 0.222. The third-order valence-corrected chi connectivity index (χ3v) is 4.85. The average Bonchev–Trinajstić information content (AvgIpc) is 3.03. The van der Waals surface area contributed by atoms with Crippen LogP contribution in [0.3, 0.4) is 0 Å². The van der Waals surface area contributed by atoms with Gasteiger partial charge in [-0.1, -0.05) is 11.8 Å². The van der Waals surface area contributed by atoms with Crippen molar-refractivity contribution < 1.29 is 22.4 Å². The molecule has 0 aliphatic heterocycles. The zero-order chi connectivity index (χ0) is 20.3. The molecule has 0 spiro atoms. The van der Waals surface area contributed by atoms with E-state index in [1.165, 1.54) is 36.7 Å². The molecule has 0 fully saturated rings. The number of halogens is 4. The molecule has 28 heavy (non-hydrogen) atoms. The highest BCUT2D eigenvalue weighted by atomic mass is 32.2. The van der Waals surface area contributed by atoms with Gasteiger partial charge in [-0.2, -0.15) is 13.2 Å². The summed E-state index contributed by atoms with van der Waals surface area (Å²) in [4.78, 5) is 16.3. The Morgan fingerprint density at radius 1 is 1.11 bits per heavy atom. The Labute approximate surface area is 161 Å². The summed E-state index contributed by atoms with van der Waals surface area (Å²) in [6.07, 6.45) is -1.62. The van der Waals surface area contributed by atoms with Gasteiger partial charge in [-0.3, -0.25) is 14.3 Å². The monoisotopic (exact) mass is 410 g/mol. The molecular formula is C18H14F4N4OS. The normalized spacial score (nSPS) is 12.8. The second kappa shape index (κ2) is 8.09. The lowest BCUT2D eigenvalue weighted by atomic mass is 10.1. The van der Waals surface area contributed by atoms with Crippen molar-refractivity contribution in [1.82, 2.24) is 19.7 Å². The molecule has 0 bridgehead atoms. The van der Waals surface area contributed by atoms with E-state index in [0.29, 0.717) is 5.56 Å². The maximum absolute atomic E-state index is 13.1. The van der Waals surface area contributed by atoms with Crippen LogP contribution in [0.15, 0.2) is 53.9 Å². The van der Waals surface area contributed by atoms with Gasteiger partial charge < -0.3 is 0 Å². The van der Waals surface area contributed by atoms with Crippen LogP contribution in [0.2, 0.25) is 0 Å². The Hall–Kier alpha value is -2.75. The minimum atomic E-state index is -4.50. The Morgan fingerprint density at radius 2 is 1.75 bits per heavy atom. The van der Waals surface area contributed by atoms with Crippen molar-refractivity contribution in [3.8, 4) is 11.4 Å². The Kier molecular flexibility index (Phi) is 5.78. The van der Waals surface area contributed by atoms with Crippen LogP contribution >= 0.6 is 11.8 Å². The van der Waals surface area contributed by atoms with Gasteiger partial charge in [0.05, 0.1) is 5.25 Å². The topological polar surface area (TPSA) is 60.7 Å². The highest BCUT2D eigenvalue weighted by molar-refractivity contribution is 8.00. The number of hydrogen-bond donors (Lipinski definition) is 0. The predicted octanol–water partition coefficient (Wildman–Crippen LogP) is 4.41.